The predicted molar refractivity (Wildman–Crippen MR) is 40.3 cm³/mol. The molecule has 11 heteroatoms. The predicted octanol–water partition coefficient (Wildman–Crippen LogP) is 0.999. The summed E-state index contributed by atoms with van der Waals surface area (Å²) in [5, 5.41) is -9.17. The highest BCUT2D eigenvalue weighted by atomic mass is 32.3. The second-order valence-corrected chi connectivity index (χ2v) is 6.49. The molecular formula is C4H4F4NO4S2-. The molecule has 1 heterocycles. The zero-order chi connectivity index (χ0) is 12.1. The summed E-state index contributed by atoms with van der Waals surface area (Å²) in [6, 6.07) is 0. The fourth-order valence-electron chi connectivity index (χ4n) is 0.787. The molecule has 0 aromatic rings. The number of sulfonamides is 2. The van der Waals surface area contributed by atoms with Crippen LogP contribution in [0, 0.1) is 0 Å². The maximum atomic E-state index is 12.6. The molecule has 90 valence electrons. The van der Waals surface area contributed by atoms with Crippen LogP contribution in [0.1, 0.15) is 12.8 Å². The Morgan fingerprint density at radius 3 is 1.33 bits per heavy atom. The second kappa shape index (κ2) is 3.04. The quantitative estimate of drug-likeness (QED) is 0.615. The van der Waals surface area contributed by atoms with Crippen molar-refractivity contribution in [3.05, 3.63) is 4.13 Å². The summed E-state index contributed by atoms with van der Waals surface area (Å²) >= 11 is 0. The molecule has 0 aliphatic carbocycles. The molecule has 1 aliphatic rings. The molecule has 1 aliphatic heterocycles. The molecule has 0 atom stereocenters. The highest BCUT2D eigenvalue weighted by molar-refractivity contribution is 8.13. The van der Waals surface area contributed by atoms with Crippen molar-refractivity contribution in [1.82, 2.24) is 0 Å². The standard InChI is InChI=1S/C4H4F4NO4S2/c5-3(6)1-2-4(7,8)15(12,13)9-14(3,10)11/h1-2H2/q-1. The monoisotopic (exact) mass is 270 g/mol. The van der Waals surface area contributed by atoms with Gasteiger partial charge in [0, 0.05) is 12.8 Å². The van der Waals surface area contributed by atoms with Crippen LogP contribution in [0.3, 0.4) is 0 Å². The van der Waals surface area contributed by atoms with Crippen LogP contribution in [-0.4, -0.2) is 27.3 Å². The van der Waals surface area contributed by atoms with Gasteiger partial charge < -0.3 is 4.13 Å². The van der Waals surface area contributed by atoms with Gasteiger partial charge in [0.05, 0.1) is 0 Å². The smallest absolute Gasteiger partial charge is 0.330 e. The van der Waals surface area contributed by atoms with E-state index in [9.17, 15) is 34.4 Å². The molecule has 0 aromatic heterocycles. The Hall–Kier alpha value is -0.420. The molecule has 15 heavy (non-hydrogen) atoms. The van der Waals surface area contributed by atoms with Gasteiger partial charge in [-0.1, -0.05) is 0 Å². The molecule has 1 saturated heterocycles. The van der Waals surface area contributed by atoms with Crippen LogP contribution >= 0.6 is 0 Å². The zero-order valence-corrected chi connectivity index (χ0v) is 8.46. The lowest BCUT2D eigenvalue weighted by Crippen LogP contribution is -2.27. The van der Waals surface area contributed by atoms with E-state index >= 15 is 0 Å². The van der Waals surface area contributed by atoms with Crippen LogP contribution in [0.4, 0.5) is 17.6 Å². The minimum absolute atomic E-state index is 1.59. The molecule has 0 N–H and O–H groups in total. The van der Waals surface area contributed by atoms with E-state index in [4.69, 9.17) is 0 Å². The molecule has 5 nitrogen and oxygen atoms in total. The highest BCUT2D eigenvalue weighted by Crippen LogP contribution is 2.44. The Bertz CT molecular complexity index is 423. The van der Waals surface area contributed by atoms with E-state index < -0.39 is 43.4 Å². The topological polar surface area (TPSA) is 82.4 Å². The first-order chi connectivity index (χ1) is 6.41. The number of hydrogen-bond acceptors (Lipinski definition) is 4. The fraction of sp³-hybridized carbons (Fsp3) is 1.00. The third-order valence-corrected chi connectivity index (χ3v) is 5.15. The molecule has 1 rings (SSSR count). The minimum Gasteiger partial charge on any atom is -0.426 e. The fourth-order valence-corrected chi connectivity index (χ4v) is 3.41. The average Bonchev–Trinajstić information content (AvgIpc) is 2.00. The van der Waals surface area contributed by atoms with Crippen LogP contribution in [0.5, 0.6) is 0 Å². The first kappa shape index (κ1) is 12.6. The van der Waals surface area contributed by atoms with Crippen LogP contribution in [0.25, 0.3) is 4.13 Å². The van der Waals surface area contributed by atoms with Crippen molar-refractivity contribution >= 4 is 20.0 Å². The van der Waals surface area contributed by atoms with Gasteiger partial charge in [0.1, 0.15) is 20.0 Å². The molecule has 0 spiro atoms. The summed E-state index contributed by atoms with van der Waals surface area (Å²) < 4.78 is 94.6. The first-order valence-corrected chi connectivity index (χ1v) is 6.28. The normalized spacial score (nSPS) is 31.7. The molecule has 0 aromatic carbocycles. The van der Waals surface area contributed by atoms with E-state index in [0.29, 0.717) is 0 Å². The van der Waals surface area contributed by atoms with Crippen molar-refractivity contribution in [3.63, 3.8) is 0 Å². The lowest BCUT2D eigenvalue weighted by molar-refractivity contribution is 0.0309. The number of nitrogens with zero attached hydrogens (tertiary/aromatic N) is 1. The molecule has 1 fully saturated rings. The summed E-state index contributed by atoms with van der Waals surface area (Å²) in [7, 11) is -11.5. The van der Waals surface area contributed by atoms with Gasteiger partial charge in [-0.05, 0) is 0 Å². The Balaban J connectivity index is 3.36. The van der Waals surface area contributed by atoms with E-state index in [1.54, 1.807) is 4.13 Å². The molecule has 0 amide bonds. The zero-order valence-electron chi connectivity index (χ0n) is 6.82. The van der Waals surface area contributed by atoms with Gasteiger partial charge in [-0.15, -0.1) is 0 Å². The van der Waals surface area contributed by atoms with E-state index in [-0.39, 0.29) is 0 Å². The van der Waals surface area contributed by atoms with Crippen molar-refractivity contribution in [3.8, 4) is 0 Å². The van der Waals surface area contributed by atoms with Crippen molar-refractivity contribution in [1.29, 1.82) is 0 Å². The lowest BCUT2D eigenvalue weighted by Gasteiger charge is -2.24. The van der Waals surface area contributed by atoms with Gasteiger partial charge in [0.2, 0.25) is 0 Å². The number of rotatable bonds is 0. The summed E-state index contributed by atoms with van der Waals surface area (Å²) in [4.78, 5) is 0. The SMILES string of the molecule is O=S1(=O)[N-]S(=O)(=O)C(F)(F)CCC1(F)F. The molecule has 0 bridgehead atoms. The first-order valence-electron chi connectivity index (χ1n) is 3.40. The Kier molecular flexibility index (Phi) is 2.57. The van der Waals surface area contributed by atoms with Crippen molar-refractivity contribution in [2.45, 2.75) is 23.4 Å². The van der Waals surface area contributed by atoms with E-state index in [1.807, 2.05) is 0 Å². The van der Waals surface area contributed by atoms with Gasteiger partial charge >= 0.3 is 10.5 Å². The second-order valence-electron chi connectivity index (χ2n) is 2.80. The van der Waals surface area contributed by atoms with Gasteiger partial charge in [-0.25, -0.2) is 16.8 Å². The highest BCUT2D eigenvalue weighted by Gasteiger charge is 2.52. The Morgan fingerprint density at radius 1 is 0.800 bits per heavy atom. The lowest BCUT2D eigenvalue weighted by atomic mass is 10.3. The van der Waals surface area contributed by atoms with Crippen LogP contribution in [-0.2, 0) is 20.0 Å². The Morgan fingerprint density at radius 2 is 1.07 bits per heavy atom. The summed E-state index contributed by atoms with van der Waals surface area (Å²) in [6.45, 7) is 0. The molecular weight excluding hydrogens is 266 g/mol. The maximum absolute atomic E-state index is 12.6. The molecule has 0 unspecified atom stereocenters. The van der Waals surface area contributed by atoms with Gasteiger partial charge in [0.15, 0.2) is 0 Å². The van der Waals surface area contributed by atoms with Gasteiger partial charge in [-0.3, -0.25) is 0 Å². The minimum atomic E-state index is -5.75. The third kappa shape index (κ3) is 1.95. The number of halogens is 4. The number of hydrogen-bond donors (Lipinski definition) is 0. The third-order valence-electron chi connectivity index (χ3n) is 1.66. The van der Waals surface area contributed by atoms with E-state index in [1.165, 1.54) is 0 Å². The van der Waals surface area contributed by atoms with Crippen LogP contribution in [0.15, 0.2) is 0 Å². The van der Waals surface area contributed by atoms with Crippen LogP contribution in [0.2, 0.25) is 0 Å². The van der Waals surface area contributed by atoms with Crippen molar-refractivity contribution in [2.24, 2.45) is 0 Å². The van der Waals surface area contributed by atoms with Crippen molar-refractivity contribution < 1.29 is 34.4 Å². The number of alkyl halides is 4. The summed E-state index contributed by atoms with van der Waals surface area (Å²) in [6.07, 6.45) is -3.57. The van der Waals surface area contributed by atoms with Crippen LogP contribution < -0.4 is 0 Å². The van der Waals surface area contributed by atoms with E-state index in [2.05, 4.69) is 0 Å². The maximum Gasteiger partial charge on any atom is 0.330 e. The van der Waals surface area contributed by atoms with Gasteiger partial charge in [0.25, 0.3) is 0 Å². The van der Waals surface area contributed by atoms with Gasteiger partial charge in [-0.2, -0.15) is 17.6 Å². The van der Waals surface area contributed by atoms with E-state index in [0.717, 1.165) is 0 Å². The largest absolute Gasteiger partial charge is 0.426 e. The molecule has 0 radical (unpaired) electrons. The average molecular weight is 270 g/mol. The summed E-state index contributed by atoms with van der Waals surface area (Å²) in [5.74, 6) is 0. The Labute approximate surface area is 82.6 Å². The van der Waals surface area contributed by atoms with Crippen molar-refractivity contribution in [2.75, 3.05) is 0 Å². The molecule has 0 saturated carbocycles. The summed E-state index contributed by atoms with van der Waals surface area (Å²) in [5.41, 5.74) is 0.